The lowest BCUT2D eigenvalue weighted by Gasteiger charge is -2.12. The maximum Gasteiger partial charge on any atom is 0.347 e. The molecule has 2 heterocycles. The van der Waals surface area contributed by atoms with E-state index in [2.05, 4.69) is 11.1 Å². The lowest BCUT2D eigenvalue weighted by Crippen LogP contribution is -2.22. The predicted octanol–water partition coefficient (Wildman–Crippen LogP) is 3.03. The van der Waals surface area contributed by atoms with E-state index in [1.54, 1.807) is 24.3 Å². The summed E-state index contributed by atoms with van der Waals surface area (Å²) in [5.74, 6) is -0.507. The molecule has 144 valence electrons. The summed E-state index contributed by atoms with van der Waals surface area (Å²) in [6.07, 6.45) is 0. The molecule has 0 atom stereocenters. The zero-order valence-corrected chi connectivity index (χ0v) is 16.6. The number of nitrogens with one attached hydrogen (secondary N) is 1. The van der Waals surface area contributed by atoms with Gasteiger partial charge in [0.05, 0.1) is 5.75 Å². The molecule has 0 aliphatic heterocycles. The maximum absolute atomic E-state index is 12.6. The molecule has 29 heavy (non-hydrogen) atoms. The Bertz CT molecular complexity index is 1270. The Kier molecular flexibility index (Phi) is 5.67. The highest BCUT2D eigenvalue weighted by atomic mass is 32.2. The molecule has 2 aromatic heterocycles. The zero-order valence-electron chi connectivity index (χ0n) is 15.8. The smallest absolute Gasteiger partial charge is 0.347 e. The lowest BCUT2D eigenvalue weighted by atomic mass is 9.94. The minimum Gasteiger partial charge on any atom is -0.422 e. The second-order valence-electron chi connectivity index (χ2n) is 6.61. The first-order valence-corrected chi connectivity index (χ1v) is 9.73. The average Bonchev–Trinajstić information content (AvgIpc) is 2.70. The first-order chi connectivity index (χ1) is 13.9. The van der Waals surface area contributed by atoms with Gasteiger partial charge in [0.15, 0.2) is 10.8 Å². The van der Waals surface area contributed by atoms with E-state index >= 15 is 0 Å². The zero-order chi connectivity index (χ0) is 21.1. The third-order valence-electron chi connectivity index (χ3n) is 4.37. The van der Waals surface area contributed by atoms with Gasteiger partial charge in [-0.2, -0.15) is 10.5 Å². The molecule has 3 aromatic rings. The highest BCUT2D eigenvalue weighted by Gasteiger charge is 2.25. The summed E-state index contributed by atoms with van der Waals surface area (Å²) in [5.41, 5.74) is 6.62. The summed E-state index contributed by atoms with van der Waals surface area (Å²) in [7, 11) is 0. The number of thioether (sulfide) groups is 1. The van der Waals surface area contributed by atoms with E-state index in [1.165, 1.54) is 6.07 Å². The van der Waals surface area contributed by atoms with Crippen LogP contribution in [0.3, 0.4) is 0 Å². The van der Waals surface area contributed by atoms with Crippen molar-refractivity contribution < 1.29 is 14.2 Å². The molecule has 7 nitrogen and oxygen atoms in total. The van der Waals surface area contributed by atoms with Crippen LogP contribution in [0.1, 0.15) is 46.8 Å². The van der Waals surface area contributed by atoms with Crippen molar-refractivity contribution in [1.29, 1.82) is 10.5 Å². The molecule has 0 saturated heterocycles. The predicted molar refractivity (Wildman–Crippen MR) is 108 cm³/mol. The van der Waals surface area contributed by atoms with Crippen LogP contribution in [0.4, 0.5) is 5.82 Å². The molecule has 1 aromatic carbocycles. The van der Waals surface area contributed by atoms with E-state index in [0.29, 0.717) is 21.6 Å². The van der Waals surface area contributed by atoms with E-state index < -0.39 is 11.4 Å². The minimum absolute atomic E-state index is 0.0552. The second-order valence-corrected chi connectivity index (χ2v) is 7.59. The molecular formula is C21H17N4O3S+. The lowest BCUT2D eigenvalue weighted by molar-refractivity contribution is -0.410. The summed E-state index contributed by atoms with van der Waals surface area (Å²) >= 11 is 1.06. The van der Waals surface area contributed by atoms with Crippen LogP contribution in [-0.2, 0) is 0 Å². The molecule has 0 saturated carbocycles. The van der Waals surface area contributed by atoms with Crippen molar-refractivity contribution in [3.63, 3.8) is 0 Å². The van der Waals surface area contributed by atoms with Gasteiger partial charge < -0.3 is 4.42 Å². The number of Topliss-reactive ketones (excluding diaryl/α,β-unsaturated/α-hetero) is 1. The number of hydrogen-bond acceptors (Lipinski definition) is 7. The summed E-state index contributed by atoms with van der Waals surface area (Å²) in [6.45, 7) is 3.71. The van der Waals surface area contributed by atoms with Crippen molar-refractivity contribution in [1.82, 2.24) is 0 Å². The first-order valence-electron chi connectivity index (χ1n) is 8.75. The molecule has 3 N–H and O–H groups in total. The average molecular weight is 405 g/mol. The number of rotatable bonds is 5. The van der Waals surface area contributed by atoms with E-state index in [-0.39, 0.29) is 34.2 Å². The van der Waals surface area contributed by atoms with Crippen LogP contribution in [-0.4, -0.2) is 11.5 Å². The molecule has 0 fully saturated rings. The number of carbonyl (C=O) groups is 1. The van der Waals surface area contributed by atoms with Gasteiger partial charge in [-0.05, 0) is 18.1 Å². The fraction of sp³-hybridized carbons (Fsp3) is 0.190. The van der Waals surface area contributed by atoms with Crippen LogP contribution in [0.15, 0.2) is 44.6 Å². The molecule has 0 unspecified atom stereocenters. The highest BCUT2D eigenvalue weighted by Crippen LogP contribution is 2.30. The third kappa shape index (κ3) is 3.84. The number of nitrogens with two attached hydrogens (primary N) is 1. The van der Waals surface area contributed by atoms with Gasteiger partial charge in [-0.3, -0.25) is 10.5 Å². The topological polar surface area (TPSA) is 135 Å². The Morgan fingerprint density at radius 1 is 1.24 bits per heavy atom. The van der Waals surface area contributed by atoms with Crippen LogP contribution in [0, 0.1) is 22.7 Å². The fourth-order valence-corrected chi connectivity index (χ4v) is 3.94. The Morgan fingerprint density at radius 2 is 1.93 bits per heavy atom. The van der Waals surface area contributed by atoms with Gasteiger partial charge in [-0.1, -0.05) is 43.8 Å². The Hall–Kier alpha value is -3.62. The fourth-order valence-electron chi connectivity index (χ4n) is 3.03. The number of nitrogen functional groups attached to an aromatic ring is 1. The van der Waals surface area contributed by atoms with Crippen LogP contribution < -0.4 is 16.3 Å². The molecular weight excluding hydrogens is 388 g/mol. The van der Waals surface area contributed by atoms with Crippen molar-refractivity contribution in [2.75, 3.05) is 11.5 Å². The second kappa shape index (κ2) is 8.17. The van der Waals surface area contributed by atoms with Gasteiger partial charge in [-0.25, -0.2) is 9.78 Å². The number of benzene rings is 1. The number of nitriles is 2. The summed E-state index contributed by atoms with van der Waals surface area (Å²) in [6, 6.07) is 12.6. The third-order valence-corrected chi connectivity index (χ3v) is 5.38. The Labute approximate surface area is 170 Å². The maximum atomic E-state index is 12.6. The van der Waals surface area contributed by atoms with Crippen molar-refractivity contribution in [2.45, 2.75) is 24.8 Å². The number of hydrogen-bond donors (Lipinski definition) is 1. The van der Waals surface area contributed by atoms with Gasteiger partial charge in [0.1, 0.15) is 34.4 Å². The van der Waals surface area contributed by atoms with Crippen LogP contribution in [0.5, 0.6) is 0 Å². The van der Waals surface area contributed by atoms with E-state index in [0.717, 1.165) is 11.8 Å². The Morgan fingerprint density at radius 3 is 2.59 bits per heavy atom. The van der Waals surface area contributed by atoms with Crippen molar-refractivity contribution in [3.8, 4) is 12.1 Å². The van der Waals surface area contributed by atoms with Crippen LogP contribution in [0.2, 0.25) is 0 Å². The van der Waals surface area contributed by atoms with E-state index in [4.69, 9.17) is 10.2 Å². The molecule has 8 heteroatoms. The molecule has 0 aliphatic carbocycles. The largest absolute Gasteiger partial charge is 0.422 e. The summed E-state index contributed by atoms with van der Waals surface area (Å²) in [5, 5.41) is 20.0. The van der Waals surface area contributed by atoms with Crippen molar-refractivity contribution >= 4 is 34.3 Å². The molecule has 3 rings (SSSR count). The number of pyridine rings is 1. The van der Waals surface area contributed by atoms with Gasteiger partial charge >= 0.3 is 5.63 Å². The number of anilines is 1. The SMILES string of the molecule is CC(C)c1c(C#N)c(N)[nH+]c(SCC(=O)c2cc3ccccc3oc2=O)c1C#N. The number of ketones is 1. The first kappa shape index (κ1) is 20.1. The van der Waals surface area contributed by atoms with Gasteiger partial charge in [0, 0.05) is 10.9 Å². The summed E-state index contributed by atoms with van der Waals surface area (Å²) < 4.78 is 5.21. The number of nitrogens with zero attached hydrogens (tertiary/aromatic N) is 2. The normalized spacial score (nSPS) is 10.7. The Balaban J connectivity index is 1.95. The number of H-pyrrole nitrogens is 1. The molecule has 0 aliphatic rings. The van der Waals surface area contributed by atoms with Gasteiger partial charge in [0.2, 0.25) is 0 Å². The van der Waals surface area contributed by atoms with Gasteiger partial charge in [-0.15, -0.1) is 0 Å². The monoisotopic (exact) mass is 405 g/mol. The standard InChI is InChI=1S/C21H16N4O3S/c1-11(2)18-14(8-22)19(24)25-20(15(18)9-23)29-10-16(26)13-7-12-5-3-4-6-17(12)28-21(13)27/h3-7,11H,10H2,1-2H3,(H2,24,25)/p+1. The number of aromatic amines is 1. The van der Waals surface area contributed by atoms with Crippen LogP contribution in [0.25, 0.3) is 11.0 Å². The van der Waals surface area contributed by atoms with Crippen molar-refractivity contribution in [3.05, 3.63) is 63.0 Å². The highest BCUT2D eigenvalue weighted by molar-refractivity contribution is 7.99. The molecule has 0 spiro atoms. The molecule has 0 radical (unpaired) electrons. The number of para-hydroxylation sites is 1. The molecule has 0 amide bonds. The number of carbonyl (C=O) groups excluding carboxylic acids is 1. The van der Waals surface area contributed by atoms with E-state index in [9.17, 15) is 20.1 Å². The minimum atomic E-state index is -0.707. The van der Waals surface area contributed by atoms with Crippen molar-refractivity contribution in [2.24, 2.45) is 0 Å². The number of fused-ring (bicyclic) bond motifs is 1. The van der Waals surface area contributed by atoms with Gasteiger partial charge in [0.25, 0.3) is 5.82 Å². The molecule has 0 bridgehead atoms. The number of aromatic nitrogens is 1. The quantitative estimate of drug-likeness (QED) is 0.391. The van der Waals surface area contributed by atoms with Crippen LogP contribution >= 0.6 is 11.8 Å². The van der Waals surface area contributed by atoms with E-state index in [1.807, 2.05) is 19.9 Å². The summed E-state index contributed by atoms with van der Waals surface area (Å²) in [4.78, 5) is 27.7.